The Morgan fingerprint density at radius 2 is 1.89 bits per heavy atom. The first-order chi connectivity index (χ1) is 17.1. The third-order valence-corrected chi connectivity index (χ3v) is 6.44. The summed E-state index contributed by atoms with van der Waals surface area (Å²) in [5.74, 6) is -0.479. The molecule has 8 nitrogen and oxygen atoms in total. The number of aliphatic hydroxyl groups is 1. The zero-order chi connectivity index (χ0) is 26.3. The van der Waals surface area contributed by atoms with E-state index in [-0.39, 0.29) is 31.7 Å². The second kappa shape index (κ2) is 11.6. The van der Waals surface area contributed by atoms with Crippen LogP contribution in [0.25, 0.3) is 0 Å². The van der Waals surface area contributed by atoms with Crippen molar-refractivity contribution in [2.75, 3.05) is 25.1 Å². The van der Waals surface area contributed by atoms with E-state index in [9.17, 15) is 32.7 Å². The maximum Gasteiger partial charge on any atom is 0.416 e. The molecule has 3 amide bonds. The summed E-state index contributed by atoms with van der Waals surface area (Å²) in [6.07, 6.45) is -4.16. The van der Waals surface area contributed by atoms with Crippen LogP contribution in [0.1, 0.15) is 24.0 Å². The zero-order valence-electron chi connectivity index (χ0n) is 19.1. The van der Waals surface area contributed by atoms with Crippen molar-refractivity contribution < 1.29 is 37.4 Å². The number of aliphatic hydroxyl groups excluding tert-OH is 1. The van der Waals surface area contributed by atoms with Crippen LogP contribution in [0.15, 0.2) is 48.5 Å². The summed E-state index contributed by atoms with van der Waals surface area (Å²) in [5, 5.41) is 15.0. The molecule has 0 saturated carbocycles. The molecular weight excluding hydrogens is 503 g/mol. The van der Waals surface area contributed by atoms with Crippen LogP contribution in [-0.2, 0) is 26.9 Å². The zero-order valence-corrected chi connectivity index (χ0v) is 19.8. The highest BCUT2D eigenvalue weighted by atomic mass is 35.5. The molecule has 36 heavy (non-hydrogen) atoms. The van der Waals surface area contributed by atoms with Gasteiger partial charge in [0.05, 0.1) is 11.1 Å². The Labute approximate surface area is 210 Å². The number of rotatable bonds is 8. The minimum absolute atomic E-state index is 0.102. The number of halogens is 4. The number of nitrogens with one attached hydrogen (secondary N) is 2. The van der Waals surface area contributed by atoms with Crippen LogP contribution in [0.3, 0.4) is 0 Å². The number of alkyl halides is 3. The Bertz CT molecular complexity index is 1080. The Kier molecular flexibility index (Phi) is 8.80. The highest BCUT2D eigenvalue weighted by molar-refractivity contribution is 6.31. The summed E-state index contributed by atoms with van der Waals surface area (Å²) >= 11 is 6.29. The number of hydrogen-bond acceptors (Lipinski definition) is 5. The molecule has 0 aliphatic carbocycles. The van der Waals surface area contributed by atoms with Gasteiger partial charge in [-0.15, -0.1) is 0 Å². The Hall–Kier alpha value is -3.31. The lowest BCUT2D eigenvalue weighted by Crippen LogP contribution is -2.61. The van der Waals surface area contributed by atoms with Gasteiger partial charge in [-0.05, 0) is 55.2 Å². The Morgan fingerprint density at radius 3 is 2.50 bits per heavy atom. The predicted molar refractivity (Wildman–Crippen MR) is 125 cm³/mol. The number of piperidine rings is 1. The van der Waals surface area contributed by atoms with Crippen molar-refractivity contribution in [1.29, 1.82) is 0 Å². The maximum absolute atomic E-state index is 12.7. The first-order valence-corrected chi connectivity index (χ1v) is 11.4. The molecule has 0 bridgehead atoms. The highest BCUT2D eigenvalue weighted by Gasteiger charge is 2.42. The standard InChI is InChI=1S/C24H25ClF3N3O5/c25-20-4-2-1-3-16(20)11-19-12-23(29-15-33,9-10-31(19)21(34)13-32)14-36-22(35)30-18-7-5-17(6-8-18)24(26,27)28/h1-8,15,19,32H,9-14H2,(H,29,33)(H,30,35). The lowest BCUT2D eigenvalue weighted by Gasteiger charge is -2.46. The molecule has 1 aliphatic rings. The molecular formula is C24H25ClF3N3O5. The SMILES string of the molecule is O=CNC1(COC(=O)Nc2ccc(C(F)(F)F)cc2)CCN(C(=O)CO)C(Cc2ccccc2Cl)C1. The average Bonchev–Trinajstić information content (AvgIpc) is 2.84. The minimum atomic E-state index is -4.50. The van der Waals surface area contributed by atoms with Crippen molar-refractivity contribution in [2.24, 2.45) is 0 Å². The van der Waals surface area contributed by atoms with E-state index in [1.165, 1.54) is 4.90 Å². The van der Waals surface area contributed by atoms with Gasteiger partial charge in [0, 0.05) is 23.3 Å². The van der Waals surface area contributed by atoms with E-state index in [1.54, 1.807) is 24.3 Å². The topological polar surface area (TPSA) is 108 Å². The third kappa shape index (κ3) is 6.88. The van der Waals surface area contributed by atoms with Gasteiger partial charge < -0.3 is 20.1 Å². The third-order valence-electron chi connectivity index (χ3n) is 6.07. The number of likely N-dealkylation sites (tertiary alicyclic amines) is 1. The monoisotopic (exact) mass is 527 g/mol. The largest absolute Gasteiger partial charge is 0.447 e. The van der Waals surface area contributed by atoms with E-state index < -0.39 is 41.9 Å². The maximum atomic E-state index is 12.7. The molecule has 1 heterocycles. The van der Waals surface area contributed by atoms with Gasteiger partial charge in [0.25, 0.3) is 0 Å². The van der Waals surface area contributed by atoms with Crippen molar-refractivity contribution >= 4 is 35.7 Å². The summed E-state index contributed by atoms with van der Waals surface area (Å²) < 4.78 is 43.5. The number of anilines is 1. The lowest BCUT2D eigenvalue weighted by atomic mass is 9.81. The smallest absolute Gasteiger partial charge is 0.416 e. The van der Waals surface area contributed by atoms with Crippen molar-refractivity contribution in [3.63, 3.8) is 0 Å². The van der Waals surface area contributed by atoms with Crippen LogP contribution in [0.2, 0.25) is 5.02 Å². The molecule has 3 rings (SSSR count). The van der Waals surface area contributed by atoms with E-state index >= 15 is 0 Å². The molecule has 0 radical (unpaired) electrons. The van der Waals surface area contributed by atoms with Crippen LogP contribution in [0.4, 0.5) is 23.7 Å². The van der Waals surface area contributed by atoms with Gasteiger partial charge in [-0.1, -0.05) is 29.8 Å². The molecule has 2 aromatic rings. The number of benzene rings is 2. The average molecular weight is 528 g/mol. The molecule has 1 aliphatic heterocycles. The van der Waals surface area contributed by atoms with Gasteiger partial charge in [0.15, 0.2) is 0 Å². The molecule has 1 fully saturated rings. The predicted octanol–water partition coefficient (Wildman–Crippen LogP) is 3.62. The number of carbonyl (C=O) groups excluding carboxylic acids is 3. The fraction of sp³-hybridized carbons (Fsp3) is 0.375. The van der Waals surface area contributed by atoms with Crippen molar-refractivity contribution in [1.82, 2.24) is 10.2 Å². The number of nitrogens with zero attached hydrogens (tertiary/aromatic N) is 1. The van der Waals surface area contributed by atoms with E-state index in [2.05, 4.69) is 10.6 Å². The molecule has 0 aromatic heterocycles. The lowest BCUT2D eigenvalue weighted by molar-refractivity contribution is -0.140. The van der Waals surface area contributed by atoms with Crippen LogP contribution < -0.4 is 10.6 Å². The van der Waals surface area contributed by atoms with Crippen LogP contribution >= 0.6 is 11.6 Å². The second-order valence-corrected chi connectivity index (χ2v) is 8.87. The minimum Gasteiger partial charge on any atom is -0.447 e. The first-order valence-electron chi connectivity index (χ1n) is 11.0. The van der Waals surface area contributed by atoms with Crippen LogP contribution in [0, 0.1) is 0 Å². The Balaban J connectivity index is 1.71. The van der Waals surface area contributed by atoms with Gasteiger partial charge in [-0.25, -0.2) is 4.79 Å². The molecule has 0 spiro atoms. The van der Waals surface area contributed by atoms with E-state index in [0.29, 0.717) is 17.9 Å². The fourth-order valence-electron chi connectivity index (χ4n) is 4.23. The van der Waals surface area contributed by atoms with Crippen molar-refractivity contribution in [3.8, 4) is 0 Å². The van der Waals surface area contributed by atoms with Gasteiger partial charge in [0.2, 0.25) is 12.3 Å². The van der Waals surface area contributed by atoms with E-state index in [1.807, 2.05) is 0 Å². The number of ether oxygens (including phenoxy) is 1. The van der Waals surface area contributed by atoms with Gasteiger partial charge in [-0.2, -0.15) is 13.2 Å². The van der Waals surface area contributed by atoms with E-state index in [0.717, 1.165) is 29.8 Å². The second-order valence-electron chi connectivity index (χ2n) is 8.47. The molecule has 3 N–H and O–H groups in total. The Morgan fingerprint density at radius 1 is 1.19 bits per heavy atom. The molecule has 12 heteroatoms. The van der Waals surface area contributed by atoms with Gasteiger partial charge in [-0.3, -0.25) is 14.9 Å². The van der Waals surface area contributed by atoms with Crippen LogP contribution in [0.5, 0.6) is 0 Å². The van der Waals surface area contributed by atoms with Crippen molar-refractivity contribution in [3.05, 3.63) is 64.7 Å². The van der Waals surface area contributed by atoms with Gasteiger partial charge >= 0.3 is 12.3 Å². The normalized spacial score (nSPS) is 19.9. The number of hydrogen-bond donors (Lipinski definition) is 3. The molecule has 1 saturated heterocycles. The fourth-order valence-corrected chi connectivity index (χ4v) is 4.44. The summed E-state index contributed by atoms with van der Waals surface area (Å²) in [6.45, 7) is -0.753. The summed E-state index contributed by atoms with van der Waals surface area (Å²) in [4.78, 5) is 37.6. The van der Waals surface area contributed by atoms with Gasteiger partial charge in [0.1, 0.15) is 13.2 Å². The van der Waals surface area contributed by atoms with Crippen LogP contribution in [-0.4, -0.2) is 59.8 Å². The molecule has 2 unspecified atom stereocenters. The number of carbonyl (C=O) groups is 3. The summed E-state index contributed by atoms with van der Waals surface area (Å²) in [5.41, 5.74) is -1.00. The number of amides is 3. The first kappa shape index (κ1) is 27.3. The highest BCUT2D eigenvalue weighted by Crippen LogP contribution is 2.32. The molecule has 2 aromatic carbocycles. The summed E-state index contributed by atoms with van der Waals surface area (Å²) in [6, 6.07) is 10.5. The quantitative estimate of drug-likeness (QED) is 0.455. The summed E-state index contributed by atoms with van der Waals surface area (Å²) in [7, 11) is 0. The van der Waals surface area contributed by atoms with Crippen molar-refractivity contribution in [2.45, 2.75) is 37.0 Å². The molecule has 194 valence electrons. The van der Waals surface area contributed by atoms with E-state index in [4.69, 9.17) is 16.3 Å². The molecule has 2 atom stereocenters.